The maximum absolute atomic E-state index is 14.3. The number of pyridine rings is 1. The minimum Gasteiger partial charge on any atom is -0.632 e. The number of carbonyl (C=O) groups excluding carboxylic acids is 1. The third-order valence-electron chi connectivity index (χ3n) is 6.62. The quantitative estimate of drug-likeness (QED) is 0.281. The summed E-state index contributed by atoms with van der Waals surface area (Å²) in [6.07, 6.45) is 0. The van der Waals surface area contributed by atoms with Crippen molar-refractivity contribution in [2.75, 3.05) is 37.7 Å². The molecule has 4 aromatic rings. The Morgan fingerprint density at radius 2 is 1.57 bits per heavy atom. The minimum absolute atomic E-state index is 0.121. The standard InChI is InChI=1S/C29H29N3O3/c1-2-31(23-13-7-4-8-14-23)29(33)27-24-15-9-10-16-26(24)30-28(22-11-5-3-6-12-22)25(27)21-32(34)17-19-35-20-18-32/h3-16H,2,17-21H2,1H3. The van der Waals surface area contributed by atoms with Crippen molar-refractivity contribution in [1.82, 2.24) is 4.98 Å². The first-order valence-corrected chi connectivity index (χ1v) is 12.1. The molecule has 35 heavy (non-hydrogen) atoms. The van der Waals surface area contributed by atoms with Crippen LogP contribution in [0, 0.1) is 5.21 Å². The van der Waals surface area contributed by atoms with Crippen molar-refractivity contribution in [3.05, 3.63) is 101 Å². The van der Waals surface area contributed by atoms with Gasteiger partial charge in [-0.15, -0.1) is 0 Å². The maximum atomic E-state index is 14.3. The smallest absolute Gasteiger partial charge is 0.259 e. The van der Waals surface area contributed by atoms with Gasteiger partial charge in [0.2, 0.25) is 0 Å². The van der Waals surface area contributed by atoms with Crippen molar-refractivity contribution >= 4 is 22.5 Å². The lowest BCUT2D eigenvalue weighted by molar-refractivity contribution is -0.901. The molecule has 0 bridgehead atoms. The molecule has 1 aliphatic heterocycles. The van der Waals surface area contributed by atoms with Crippen molar-refractivity contribution in [2.24, 2.45) is 0 Å². The molecular weight excluding hydrogens is 438 g/mol. The third kappa shape index (κ3) is 4.68. The summed E-state index contributed by atoms with van der Waals surface area (Å²) in [6, 6.07) is 27.2. The number of para-hydroxylation sites is 2. The highest BCUT2D eigenvalue weighted by atomic mass is 16.6. The lowest BCUT2D eigenvalue weighted by Gasteiger charge is -2.45. The number of hydrogen-bond acceptors (Lipinski definition) is 4. The molecule has 0 unspecified atom stereocenters. The molecular formula is C29H29N3O3. The number of ether oxygens (including phenoxy) is 1. The van der Waals surface area contributed by atoms with E-state index in [1.807, 2.05) is 91.9 Å². The molecule has 0 N–H and O–H groups in total. The van der Waals surface area contributed by atoms with E-state index in [2.05, 4.69) is 0 Å². The number of morpholine rings is 1. The Kier molecular flexibility index (Phi) is 6.59. The van der Waals surface area contributed by atoms with Crippen molar-refractivity contribution in [2.45, 2.75) is 13.5 Å². The van der Waals surface area contributed by atoms with Gasteiger partial charge in [-0.1, -0.05) is 66.7 Å². The number of fused-ring (bicyclic) bond motifs is 1. The van der Waals surface area contributed by atoms with Crippen molar-refractivity contribution in [1.29, 1.82) is 0 Å². The van der Waals surface area contributed by atoms with E-state index in [0.717, 1.165) is 22.2 Å². The van der Waals surface area contributed by atoms with Gasteiger partial charge in [0.15, 0.2) is 0 Å². The Balaban J connectivity index is 1.76. The van der Waals surface area contributed by atoms with E-state index in [4.69, 9.17) is 9.72 Å². The summed E-state index contributed by atoms with van der Waals surface area (Å²) in [6.45, 7) is 4.17. The summed E-state index contributed by atoms with van der Waals surface area (Å²) in [7, 11) is 0. The van der Waals surface area contributed by atoms with Gasteiger partial charge in [0.25, 0.3) is 5.91 Å². The van der Waals surface area contributed by atoms with Crippen LogP contribution in [0.3, 0.4) is 0 Å². The summed E-state index contributed by atoms with van der Waals surface area (Å²) in [5.41, 5.74) is 4.40. The molecule has 0 saturated carbocycles. The number of amides is 1. The van der Waals surface area contributed by atoms with Gasteiger partial charge >= 0.3 is 0 Å². The summed E-state index contributed by atoms with van der Waals surface area (Å²) >= 11 is 0. The summed E-state index contributed by atoms with van der Waals surface area (Å²) < 4.78 is 5.04. The second kappa shape index (κ2) is 9.96. The highest BCUT2D eigenvalue weighted by Gasteiger charge is 2.31. The normalized spacial score (nSPS) is 15.1. The van der Waals surface area contributed by atoms with Gasteiger partial charge in [0.1, 0.15) is 19.6 Å². The zero-order chi connectivity index (χ0) is 24.3. The van der Waals surface area contributed by atoms with Crippen LogP contribution in [-0.4, -0.2) is 48.4 Å². The monoisotopic (exact) mass is 467 g/mol. The van der Waals surface area contributed by atoms with Crippen LogP contribution in [0.4, 0.5) is 5.69 Å². The van der Waals surface area contributed by atoms with Crippen LogP contribution in [0.5, 0.6) is 0 Å². The Hall–Kier alpha value is -3.58. The number of quaternary nitrogens is 1. The molecule has 0 radical (unpaired) electrons. The average molecular weight is 468 g/mol. The topological polar surface area (TPSA) is 65.5 Å². The van der Waals surface area contributed by atoms with Crippen LogP contribution >= 0.6 is 0 Å². The predicted molar refractivity (Wildman–Crippen MR) is 139 cm³/mol. The fraction of sp³-hybridized carbons (Fsp3) is 0.241. The van der Waals surface area contributed by atoms with Gasteiger partial charge in [0.05, 0.1) is 30.0 Å². The molecule has 6 nitrogen and oxygen atoms in total. The van der Waals surface area contributed by atoms with Crippen molar-refractivity contribution in [3.8, 4) is 11.3 Å². The van der Waals surface area contributed by atoms with E-state index in [9.17, 15) is 10.0 Å². The van der Waals surface area contributed by atoms with Crippen LogP contribution in [-0.2, 0) is 11.3 Å². The largest absolute Gasteiger partial charge is 0.632 e. The Morgan fingerprint density at radius 3 is 2.26 bits per heavy atom. The minimum atomic E-state index is -0.433. The van der Waals surface area contributed by atoms with E-state index >= 15 is 0 Å². The van der Waals surface area contributed by atoms with Gasteiger partial charge < -0.3 is 19.5 Å². The molecule has 178 valence electrons. The molecule has 6 heteroatoms. The Bertz CT molecular complexity index is 1320. The molecule has 5 rings (SSSR count). The van der Waals surface area contributed by atoms with Gasteiger partial charge in [0, 0.05) is 28.7 Å². The number of nitrogens with zero attached hydrogens (tertiary/aromatic N) is 3. The SMILES string of the molecule is CCN(C(=O)c1c(C[N+]2([O-])CCOCC2)c(-c2ccccc2)nc2ccccc12)c1ccccc1. The van der Waals surface area contributed by atoms with Crippen molar-refractivity contribution < 1.29 is 14.2 Å². The second-order valence-corrected chi connectivity index (χ2v) is 8.86. The maximum Gasteiger partial charge on any atom is 0.259 e. The summed E-state index contributed by atoms with van der Waals surface area (Å²) in [4.78, 5) is 21.1. The summed E-state index contributed by atoms with van der Waals surface area (Å²) in [5.74, 6) is -0.121. The lowest BCUT2D eigenvalue weighted by Crippen LogP contribution is -2.50. The Labute approximate surface area is 205 Å². The number of rotatable bonds is 6. The first-order valence-electron chi connectivity index (χ1n) is 12.1. The van der Waals surface area contributed by atoms with E-state index < -0.39 is 4.65 Å². The number of hydroxylamine groups is 3. The molecule has 1 aromatic heterocycles. The van der Waals surface area contributed by atoms with Gasteiger partial charge in [-0.05, 0) is 25.1 Å². The molecule has 2 heterocycles. The number of hydrogen-bond donors (Lipinski definition) is 0. The second-order valence-electron chi connectivity index (χ2n) is 8.86. The van der Waals surface area contributed by atoms with Crippen LogP contribution in [0.1, 0.15) is 22.8 Å². The number of anilines is 1. The zero-order valence-corrected chi connectivity index (χ0v) is 19.9. The van der Waals surface area contributed by atoms with Crippen LogP contribution in [0.2, 0.25) is 0 Å². The Morgan fingerprint density at radius 1 is 0.943 bits per heavy atom. The van der Waals surface area contributed by atoms with Gasteiger partial charge in [-0.3, -0.25) is 4.79 Å². The molecule has 0 aliphatic carbocycles. The number of carbonyl (C=O) groups is 1. The van der Waals surface area contributed by atoms with Crippen molar-refractivity contribution in [3.63, 3.8) is 0 Å². The van der Waals surface area contributed by atoms with E-state index in [1.54, 1.807) is 4.90 Å². The van der Waals surface area contributed by atoms with Crippen LogP contribution < -0.4 is 4.90 Å². The molecule has 1 amide bonds. The predicted octanol–water partition coefficient (Wildman–Crippen LogP) is 5.41. The molecule has 3 aromatic carbocycles. The van der Waals surface area contributed by atoms with Crippen LogP contribution in [0.25, 0.3) is 22.2 Å². The molecule has 1 saturated heterocycles. The zero-order valence-electron chi connectivity index (χ0n) is 19.9. The van der Waals surface area contributed by atoms with Gasteiger partial charge in [-0.25, -0.2) is 4.98 Å². The van der Waals surface area contributed by atoms with E-state index in [1.165, 1.54) is 0 Å². The molecule has 1 aliphatic rings. The van der Waals surface area contributed by atoms with Crippen LogP contribution in [0.15, 0.2) is 84.9 Å². The summed E-state index contributed by atoms with van der Waals surface area (Å²) in [5, 5.41) is 14.6. The third-order valence-corrected chi connectivity index (χ3v) is 6.62. The first kappa shape index (κ1) is 23.2. The highest BCUT2D eigenvalue weighted by molar-refractivity contribution is 6.15. The molecule has 1 fully saturated rings. The van der Waals surface area contributed by atoms with Gasteiger partial charge in [-0.2, -0.15) is 0 Å². The molecule has 0 spiro atoms. The number of benzene rings is 3. The average Bonchev–Trinajstić information content (AvgIpc) is 2.90. The first-order chi connectivity index (χ1) is 17.1. The fourth-order valence-corrected chi connectivity index (χ4v) is 4.79. The van der Waals surface area contributed by atoms with E-state index in [0.29, 0.717) is 49.7 Å². The number of aromatic nitrogens is 1. The molecule has 0 atom stereocenters. The van der Waals surface area contributed by atoms with E-state index in [-0.39, 0.29) is 12.5 Å². The lowest BCUT2D eigenvalue weighted by atomic mass is 9.94. The fourth-order valence-electron chi connectivity index (χ4n) is 4.79. The highest BCUT2D eigenvalue weighted by Crippen LogP contribution is 2.34.